The van der Waals surface area contributed by atoms with Crippen molar-refractivity contribution in [1.82, 2.24) is 0 Å². The molecule has 1 aromatic rings. The van der Waals surface area contributed by atoms with E-state index in [9.17, 15) is 4.79 Å². The van der Waals surface area contributed by atoms with Gasteiger partial charge in [-0.05, 0) is 23.5 Å². The second-order valence-electron chi connectivity index (χ2n) is 2.80. The molecule has 0 unspecified atom stereocenters. The Morgan fingerprint density at radius 1 is 1.50 bits per heavy atom. The zero-order valence-corrected chi connectivity index (χ0v) is 8.75. The maximum Gasteiger partial charge on any atom is 0.328 e. The third-order valence-corrected chi connectivity index (χ3v) is 2.36. The highest BCUT2D eigenvalue weighted by Gasteiger charge is 1.97. The second-order valence-corrected chi connectivity index (χ2v) is 3.67. The fraction of sp³-hybridized carbons (Fsp3) is 0.182. The number of rotatable bonds is 4. The van der Waals surface area contributed by atoms with Crippen molar-refractivity contribution in [1.29, 1.82) is 0 Å². The van der Waals surface area contributed by atoms with Crippen LogP contribution in [0.1, 0.15) is 11.1 Å². The third kappa shape index (κ3) is 3.26. The zero-order valence-electron chi connectivity index (χ0n) is 7.93. The van der Waals surface area contributed by atoms with Crippen molar-refractivity contribution in [2.45, 2.75) is 5.75 Å². The molecular formula is C11H12O2S. The van der Waals surface area contributed by atoms with Gasteiger partial charge in [-0.3, -0.25) is 0 Å². The molecule has 0 amide bonds. The molecule has 0 bridgehead atoms. The molecule has 0 aliphatic carbocycles. The van der Waals surface area contributed by atoms with Crippen LogP contribution in [-0.2, 0) is 10.5 Å². The molecule has 0 saturated heterocycles. The highest BCUT2D eigenvalue weighted by atomic mass is 32.2. The molecule has 3 heteroatoms. The summed E-state index contributed by atoms with van der Waals surface area (Å²) < 4.78 is 0. The maximum atomic E-state index is 10.3. The minimum atomic E-state index is -0.913. The van der Waals surface area contributed by atoms with E-state index in [1.807, 2.05) is 30.5 Å². The first-order chi connectivity index (χ1) is 6.74. The van der Waals surface area contributed by atoms with Crippen LogP contribution in [0.15, 0.2) is 30.3 Å². The van der Waals surface area contributed by atoms with E-state index in [0.29, 0.717) is 0 Å². The predicted molar refractivity (Wildman–Crippen MR) is 60.3 cm³/mol. The number of aliphatic carboxylic acids is 1. The molecule has 1 N–H and O–H groups in total. The fourth-order valence-electron chi connectivity index (χ4n) is 1.14. The van der Waals surface area contributed by atoms with Crippen LogP contribution >= 0.6 is 11.8 Å². The smallest absolute Gasteiger partial charge is 0.328 e. The summed E-state index contributed by atoms with van der Waals surface area (Å²) in [6, 6.07) is 7.80. The maximum absolute atomic E-state index is 10.3. The van der Waals surface area contributed by atoms with Gasteiger partial charge in [0.25, 0.3) is 0 Å². The van der Waals surface area contributed by atoms with E-state index in [1.165, 1.54) is 6.08 Å². The van der Waals surface area contributed by atoms with E-state index in [-0.39, 0.29) is 0 Å². The first kappa shape index (κ1) is 10.9. The molecule has 1 aromatic carbocycles. The van der Waals surface area contributed by atoms with Gasteiger partial charge in [-0.25, -0.2) is 4.79 Å². The van der Waals surface area contributed by atoms with Crippen molar-refractivity contribution in [3.8, 4) is 0 Å². The van der Waals surface area contributed by atoms with Crippen LogP contribution in [0.25, 0.3) is 6.08 Å². The van der Waals surface area contributed by atoms with Gasteiger partial charge in [0.05, 0.1) is 0 Å². The Hall–Kier alpha value is -1.22. The molecule has 14 heavy (non-hydrogen) atoms. The van der Waals surface area contributed by atoms with Crippen LogP contribution in [0, 0.1) is 0 Å². The van der Waals surface area contributed by atoms with Gasteiger partial charge in [-0.15, -0.1) is 0 Å². The van der Waals surface area contributed by atoms with Crippen LogP contribution in [0.5, 0.6) is 0 Å². The first-order valence-corrected chi connectivity index (χ1v) is 5.61. The molecule has 0 radical (unpaired) electrons. The van der Waals surface area contributed by atoms with Crippen molar-refractivity contribution in [2.75, 3.05) is 6.26 Å². The highest BCUT2D eigenvalue weighted by molar-refractivity contribution is 7.97. The molecule has 1 rings (SSSR count). The summed E-state index contributed by atoms with van der Waals surface area (Å²) in [6.07, 6.45) is 4.82. The Morgan fingerprint density at radius 3 is 2.86 bits per heavy atom. The topological polar surface area (TPSA) is 37.3 Å². The number of carbonyl (C=O) groups is 1. The standard InChI is InChI=1S/C11H12O2S/c1-14-8-10-5-3-2-4-9(10)6-7-11(12)13/h2-7H,8H2,1H3,(H,12,13). The van der Waals surface area contributed by atoms with Gasteiger partial charge >= 0.3 is 5.97 Å². The minimum Gasteiger partial charge on any atom is -0.478 e. The summed E-state index contributed by atoms with van der Waals surface area (Å²) in [6.45, 7) is 0. The van der Waals surface area contributed by atoms with Crippen molar-refractivity contribution >= 4 is 23.8 Å². The Bertz CT molecular complexity index is 345. The lowest BCUT2D eigenvalue weighted by Gasteiger charge is -2.02. The lowest BCUT2D eigenvalue weighted by molar-refractivity contribution is -0.131. The summed E-state index contributed by atoms with van der Waals surface area (Å²) >= 11 is 1.72. The number of carboxylic acids is 1. The van der Waals surface area contributed by atoms with Gasteiger partial charge in [0, 0.05) is 11.8 Å². The molecule has 0 aliphatic rings. The van der Waals surface area contributed by atoms with E-state index < -0.39 is 5.97 Å². The molecule has 0 spiro atoms. The van der Waals surface area contributed by atoms with E-state index in [1.54, 1.807) is 17.8 Å². The van der Waals surface area contributed by atoms with Crippen LogP contribution in [0.3, 0.4) is 0 Å². The molecule has 0 heterocycles. The number of hydrogen-bond acceptors (Lipinski definition) is 2. The fourth-order valence-corrected chi connectivity index (χ4v) is 1.72. The summed E-state index contributed by atoms with van der Waals surface area (Å²) in [4.78, 5) is 10.3. The van der Waals surface area contributed by atoms with Crippen LogP contribution in [0.4, 0.5) is 0 Å². The van der Waals surface area contributed by atoms with Gasteiger partial charge in [0.2, 0.25) is 0 Å². The lowest BCUT2D eigenvalue weighted by Crippen LogP contribution is -1.88. The van der Waals surface area contributed by atoms with E-state index in [0.717, 1.165) is 16.9 Å². The summed E-state index contributed by atoms with van der Waals surface area (Å²) in [5, 5.41) is 8.50. The summed E-state index contributed by atoms with van der Waals surface area (Å²) in [5.74, 6) is -0.0101. The van der Waals surface area contributed by atoms with Gasteiger partial charge in [0.15, 0.2) is 0 Å². The number of carboxylic acid groups (broad SMARTS) is 1. The van der Waals surface area contributed by atoms with Gasteiger partial charge in [-0.1, -0.05) is 24.3 Å². The number of hydrogen-bond donors (Lipinski definition) is 1. The van der Waals surface area contributed by atoms with E-state index >= 15 is 0 Å². The monoisotopic (exact) mass is 208 g/mol. The number of thioether (sulfide) groups is 1. The normalized spacial score (nSPS) is 10.6. The van der Waals surface area contributed by atoms with E-state index in [2.05, 4.69) is 0 Å². The molecular weight excluding hydrogens is 196 g/mol. The van der Waals surface area contributed by atoms with Crippen LogP contribution < -0.4 is 0 Å². The Balaban J connectivity index is 2.89. The quantitative estimate of drug-likeness (QED) is 0.773. The molecule has 74 valence electrons. The van der Waals surface area contributed by atoms with E-state index in [4.69, 9.17) is 5.11 Å². The first-order valence-electron chi connectivity index (χ1n) is 4.22. The molecule has 0 fully saturated rings. The highest BCUT2D eigenvalue weighted by Crippen LogP contribution is 2.15. The zero-order chi connectivity index (χ0) is 10.4. The Labute approximate surface area is 87.6 Å². The van der Waals surface area contributed by atoms with Gasteiger partial charge < -0.3 is 5.11 Å². The SMILES string of the molecule is CSCc1ccccc1C=CC(=O)O. The Kier molecular flexibility index (Phi) is 4.26. The molecule has 2 nitrogen and oxygen atoms in total. The van der Waals surface area contributed by atoms with Crippen molar-refractivity contribution in [3.05, 3.63) is 41.5 Å². The van der Waals surface area contributed by atoms with Crippen LogP contribution in [-0.4, -0.2) is 17.3 Å². The molecule has 0 aromatic heterocycles. The average molecular weight is 208 g/mol. The molecule has 0 saturated carbocycles. The van der Waals surface area contributed by atoms with Gasteiger partial charge in [0.1, 0.15) is 0 Å². The summed E-state index contributed by atoms with van der Waals surface area (Å²) in [5.41, 5.74) is 2.14. The molecule has 0 atom stereocenters. The van der Waals surface area contributed by atoms with Crippen molar-refractivity contribution in [3.63, 3.8) is 0 Å². The third-order valence-electron chi connectivity index (χ3n) is 1.76. The average Bonchev–Trinajstić information content (AvgIpc) is 2.17. The summed E-state index contributed by atoms with van der Waals surface area (Å²) in [7, 11) is 0. The minimum absolute atomic E-state index is 0.903. The number of benzene rings is 1. The van der Waals surface area contributed by atoms with Crippen LogP contribution in [0.2, 0.25) is 0 Å². The second kappa shape index (κ2) is 5.50. The predicted octanol–water partition coefficient (Wildman–Crippen LogP) is 2.65. The lowest BCUT2D eigenvalue weighted by atomic mass is 10.1. The Morgan fingerprint density at radius 2 is 2.21 bits per heavy atom. The van der Waals surface area contributed by atoms with Crippen molar-refractivity contribution < 1.29 is 9.90 Å². The van der Waals surface area contributed by atoms with Gasteiger partial charge in [-0.2, -0.15) is 11.8 Å². The largest absolute Gasteiger partial charge is 0.478 e. The molecule has 0 aliphatic heterocycles. The van der Waals surface area contributed by atoms with Crippen molar-refractivity contribution in [2.24, 2.45) is 0 Å².